The monoisotopic (exact) mass is 301 g/mol. The van der Waals surface area contributed by atoms with E-state index in [-0.39, 0.29) is 12.6 Å². The Morgan fingerprint density at radius 2 is 1.81 bits per heavy atom. The number of amides is 2. The number of carboxylic acids is 1. The highest BCUT2D eigenvalue weighted by Crippen LogP contribution is 2.16. The van der Waals surface area contributed by atoms with Gasteiger partial charge in [0.1, 0.15) is 5.54 Å². The van der Waals surface area contributed by atoms with Crippen LogP contribution in [-0.2, 0) is 4.79 Å². The topological polar surface area (TPSA) is 93.1 Å². The van der Waals surface area contributed by atoms with Crippen LogP contribution in [0.3, 0.4) is 0 Å². The van der Waals surface area contributed by atoms with Gasteiger partial charge in [0.05, 0.1) is 6.61 Å². The zero-order chi connectivity index (χ0) is 15.9. The van der Waals surface area contributed by atoms with Crippen molar-refractivity contribution in [1.82, 2.24) is 15.1 Å². The number of urea groups is 1. The van der Waals surface area contributed by atoms with Gasteiger partial charge in [-0.05, 0) is 25.8 Å². The summed E-state index contributed by atoms with van der Waals surface area (Å²) in [6.07, 6.45) is 1.54. The highest BCUT2D eigenvalue weighted by Gasteiger charge is 2.37. The fourth-order valence-corrected chi connectivity index (χ4v) is 2.61. The van der Waals surface area contributed by atoms with E-state index in [0.29, 0.717) is 39.0 Å². The summed E-state index contributed by atoms with van der Waals surface area (Å²) in [5, 5.41) is 21.0. The van der Waals surface area contributed by atoms with E-state index in [1.807, 2.05) is 0 Å². The molecule has 0 spiro atoms. The first kappa shape index (κ1) is 17.7. The van der Waals surface area contributed by atoms with Crippen molar-refractivity contribution in [2.75, 3.05) is 39.3 Å². The molecular weight excluding hydrogens is 274 g/mol. The van der Waals surface area contributed by atoms with Crippen molar-refractivity contribution >= 4 is 12.0 Å². The van der Waals surface area contributed by atoms with Crippen LogP contribution in [0.2, 0.25) is 0 Å². The molecule has 0 aliphatic carbocycles. The standard InChI is InChI=1S/C14H27N3O4/c1-3-14(4-2,12(19)20)15-13(21)17-7-5-6-16(8-9-17)10-11-18/h18H,3-11H2,1-2H3,(H,15,21)(H,19,20). The number of hydrogen-bond acceptors (Lipinski definition) is 4. The van der Waals surface area contributed by atoms with Crippen LogP contribution < -0.4 is 5.32 Å². The van der Waals surface area contributed by atoms with Gasteiger partial charge in [-0.2, -0.15) is 0 Å². The average Bonchev–Trinajstić information content (AvgIpc) is 2.70. The van der Waals surface area contributed by atoms with Gasteiger partial charge in [0.15, 0.2) is 0 Å². The average molecular weight is 301 g/mol. The van der Waals surface area contributed by atoms with Crippen molar-refractivity contribution in [3.63, 3.8) is 0 Å². The number of nitrogens with zero attached hydrogens (tertiary/aromatic N) is 2. The van der Waals surface area contributed by atoms with E-state index in [9.17, 15) is 14.7 Å². The molecule has 0 bridgehead atoms. The molecule has 1 fully saturated rings. The lowest BCUT2D eigenvalue weighted by Crippen LogP contribution is -2.57. The van der Waals surface area contributed by atoms with Gasteiger partial charge in [0.2, 0.25) is 0 Å². The number of carbonyl (C=O) groups is 2. The van der Waals surface area contributed by atoms with E-state index in [1.54, 1.807) is 18.7 Å². The lowest BCUT2D eigenvalue weighted by molar-refractivity contribution is -0.144. The van der Waals surface area contributed by atoms with Crippen LogP contribution in [-0.4, -0.2) is 76.9 Å². The molecule has 3 N–H and O–H groups in total. The highest BCUT2D eigenvalue weighted by atomic mass is 16.4. The Balaban J connectivity index is 2.64. The number of aliphatic hydroxyl groups excluding tert-OH is 1. The summed E-state index contributed by atoms with van der Waals surface area (Å²) in [6.45, 7) is 6.96. The Hall–Kier alpha value is -1.34. The first-order valence-electron chi connectivity index (χ1n) is 7.62. The van der Waals surface area contributed by atoms with Crippen LogP contribution in [0.1, 0.15) is 33.1 Å². The summed E-state index contributed by atoms with van der Waals surface area (Å²) in [6, 6.07) is -0.313. The predicted octanol–water partition coefficient (Wildman–Crippen LogP) is 0.339. The third kappa shape index (κ3) is 4.57. The van der Waals surface area contributed by atoms with E-state index in [1.165, 1.54) is 0 Å². The van der Waals surface area contributed by atoms with Crippen LogP contribution in [0.25, 0.3) is 0 Å². The second kappa shape index (κ2) is 8.19. The van der Waals surface area contributed by atoms with Crippen LogP contribution in [0.15, 0.2) is 0 Å². The molecule has 0 unspecified atom stereocenters. The Labute approximate surface area is 125 Å². The second-order valence-electron chi connectivity index (χ2n) is 5.43. The molecule has 0 saturated carbocycles. The van der Waals surface area contributed by atoms with Crippen LogP contribution in [0.5, 0.6) is 0 Å². The first-order chi connectivity index (χ1) is 9.99. The van der Waals surface area contributed by atoms with Crippen LogP contribution in [0.4, 0.5) is 4.79 Å². The molecule has 1 aliphatic heterocycles. The molecule has 0 radical (unpaired) electrons. The third-order valence-electron chi connectivity index (χ3n) is 4.25. The molecule has 0 atom stereocenters. The van der Waals surface area contributed by atoms with Crippen molar-refractivity contribution in [2.45, 2.75) is 38.6 Å². The van der Waals surface area contributed by atoms with Crippen molar-refractivity contribution in [1.29, 1.82) is 0 Å². The summed E-state index contributed by atoms with van der Waals surface area (Å²) >= 11 is 0. The van der Waals surface area contributed by atoms with E-state index in [0.717, 1.165) is 13.0 Å². The number of aliphatic hydroxyl groups is 1. The molecule has 0 aromatic carbocycles. The van der Waals surface area contributed by atoms with Gasteiger partial charge in [-0.3, -0.25) is 4.90 Å². The van der Waals surface area contributed by atoms with Crippen molar-refractivity contribution in [2.24, 2.45) is 0 Å². The molecule has 1 saturated heterocycles. The minimum absolute atomic E-state index is 0.111. The molecule has 0 aromatic heterocycles. The Morgan fingerprint density at radius 1 is 1.14 bits per heavy atom. The maximum atomic E-state index is 12.3. The van der Waals surface area contributed by atoms with E-state index >= 15 is 0 Å². The Kier molecular flexibility index (Phi) is 6.91. The summed E-state index contributed by atoms with van der Waals surface area (Å²) < 4.78 is 0. The zero-order valence-corrected chi connectivity index (χ0v) is 13.0. The number of nitrogens with one attached hydrogen (secondary N) is 1. The van der Waals surface area contributed by atoms with E-state index < -0.39 is 11.5 Å². The van der Waals surface area contributed by atoms with Crippen molar-refractivity contribution < 1.29 is 19.8 Å². The SMILES string of the molecule is CCC(CC)(NC(=O)N1CCCN(CCO)CC1)C(=O)O. The molecule has 1 aliphatic rings. The smallest absolute Gasteiger partial charge is 0.329 e. The summed E-state index contributed by atoms with van der Waals surface area (Å²) in [5.74, 6) is -0.988. The maximum Gasteiger partial charge on any atom is 0.329 e. The van der Waals surface area contributed by atoms with Gasteiger partial charge in [0, 0.05) is 26.2 Å². The van der Waals surface area contributed by atoms with Gasteiger partial charge in [-0.25, -0.2) is 9.59 Å². The first-order valence-corrected chi connectivity index (χ1v) is 7.62. The normalized spacial score (nSPS) is 17.4. The fraction of sp³-hybridized carbons (Fsp3) is 0.857. The van der Waals surface area contributed by atoms with E-state index in [2.05, 4.69) is 10.2 Å². The molecule has 122 valence electrons. The number of carbonyl (C=O) groups excluding carboxylic acids is 1. The molecule has 2 amide bonds. The summed E-state index contributed by atoms with van der Waals surface area (Å²) in [5.41, 5.74) is -1.19. The van der Waals surface area contributed by atoms with E-state index in [4.69, 9.17) is 5.11 Å². The zero-order valence-electron chi connectivity index (χ0n) is 13.0. The molecule has 7 nitrogen and oxygen atoms in total. The maximum absolute atomic E-state index is 12.3. The molecule has 21 heavy (non-hydrogen) atoms. The van der Waals surface area contributed by atoms with Gasteiger partial charge < -0.3 is 20.4 Å². The number of carboxylic acid groups (broad SMARTS) is 1. The van der Waals surface area contributed by atoms with Crippen molar-refractivity contribution in [3.05, 3.63) is 0 Å². The molecule has 0 aromatic rings. The minimum Gasteiger partial charge on any atom is -0.480 e. The fourth-order valence-electron chi connectivity index (χ4n) is 2.61. The molecule has 1 rings (SSSR count). The largest absolute Gasteiger partial charge is 0.480 e. The second-order valence-corrected chi connectivity index (χ2v) is 5.43. The number of rotatable bonds is 6. The molecular formula is C14H27N3O4. The Morgan fingerprint density at radius 3 is 2.33 bits per heavy atom. The predicted molar refractivity (Wildman–Crippen MR) is 79.2 cm³/mol. The molecule has 7 heteroatoms. The van der Waals surface area contributed by atoms with Gasteiger partial charge in [-0.1, -0.05) is 13.8 Å². The molecule has 1 heterocycles. The number of β-amino-alcohol motifs (C(OH)–C–C–N with tert-alkyl or cyclic N) is 1. The Bertz CT molecular complexity index is 358. The van der Waals surface area contributed by atoms with Gasteiger partial charge in [-0.15, -0.1) is 0 Å². The van der Waals surface area contributed by atoms with Crippen LogP contribution in [0, 0.1) is 0 Å². The lowest BCUT2D eigenvalue weighted by atomic mass is 9.93. The summed E-state index contributed by atoms with van der Waals surface area (Å²) in [4.78, 5) is 27.6. The minimum atomic E-state index is -1.19. The lowest BCUT2D eigenvalue weighted by Gasteiger charge is -2.31. The number of aliphatic carboxylic acids is 1. The van der Waals surface area contributed by atoms with Crippen LogP contribution >= 0.6 is 0 Å². The van der Waals surface area contributed by atoms with Gasteiger partial charge in [0.25, 0.3) is 0 Å². The summed E-state index contributed by atoms with van der Waals surface area (Å²) in [7, 11) is 0. The van der Waals surface area contributed by atoms with Crippen molar-refractivity contribution in [3.8, 4) is 0 Å². The van der Waals surface area contributed by atoms with Gasteiger partial charge >= 0.3 is 12.0 Å². The number of hydrogen-bond donors (Lipinski definition) is 3. The third-order valence-corrected chi connectivity index (χ3v) is 4.25. The quantitative estimate of drug-likeness (QED) is 0.658. The highest BCUT2D eigenvalue weighted by molar-refractivity contribution is 5.86.